The van der Waals surface area contributed by atoms with Gasteiger partial charge in [-0.15, -0.1) is 11.3 Å². The number of carbonyl (C=O) groups excluding carboxylic acids is 1. The summed E-state index contributed by atoms with van der Waals surface area (Å²) >= 11 is 1.65. The Labute approximate surface area is 205 Å². The molecule has 178 valence electrons. The van der Waals surface area contributed by atoms with E-state index in [2.05, 4.69) is 11.4 Å². The minimum absolute atomic E-state index is 0.0862. The van der Waals surface area contributed by atoms with Gasteiger partial charge in [0.2, 0.25) is 0 Å². The van der Waals surface area contributed by atoms with Crippen LogP contribution < -0.4 is 14.8 Å². The second-order valence-electron chi connectivity index (χ2n) is 8.79. The highest BCUT2D eigenvalue weighted by Crippen LogP contribution is 2.39. The third-order valence-electron chi connectivity index (χ3n) is 6.12. The molecule has 0 unspecified atom stereocenters. The molecule has 0 spiro atoms. The molecule has 2 aromatic carbocycles. The van der Waals surface area contributed by atoms with Crippen molar-refractivity contribution in [1.82, 2.24) is 0 Å². The third kappa shape index (κ3) is 5.50. The summed E-state index contributed by atoms with van der Waals surface area (Å²) in [6, 6.07) is 11.8. The van der Waals surface area contributed by atoms with Crippen LogP contribution in [0.15, 0.2) is 41.4 Å². The van der Waals surface area contributed by atoms with Crippen molar-refractivity contribution < 1.29 is 14.3 Å². The zero-order chi connectivity index (χ0) is 24.1. The van der Waals surface area contributed by atoms with Gasteiger partial charge in [-0.3, -0.25) is 4.79 Å². The van der Waals surface area contributed by atoms with Gasteiger partial charge in [0, 0.05) is 28.4 Å². The second-order valence-corrected chi connectivity index (χ2v) is 9.88. The molecule has 34 heavy (non-hydrogen) atoms. The van der Waals surface area contributed by atoms with Crippen molar-refractivity contribution in [1.29, 1.82) is 0 Å². The van der Waals surface area contributed by atoms with Gasteiger partial charge in [0.1, 0.15) is 16.5 Å². The fourth-order valence-electron chi connectivity index (χ4n) is 4.52. The lowest BCUT2D eigenvalue weighted by Crippen LogP contribution is -2.14. The van der Waals surface area contributed by atoms with E-state index in [4.69, 9.17) is 14.5 Å². The summed E-state index contributed by atoms with van der Waals surface area (Å²) in [5.41, 5.74) is 5.79. The number of anilines is 1. The van der Waals surface area contributed by atoms with Crippen LogP contribution in [0.5, 0.6) is 11.5 Å². The normalized spacial score (nSPS) is 13.8. The number of thiophene rings is 1. The number of aliphatic imine (C=N–C) groups is 1. The Morgan fingerprint density at radius 3 is 2.41 bits per heavy atom. The number of fused-ring (bicyclic) bond motifs is 1. The molecule has 1 aliphatic carbocycles. The molecule has 0 fully saturated rings. The van der Waals surface area contributed by atoms with E-state index in [1.807, 2.05) is 44.2 Å². The molecule has 6 heteroatoms. The quantitative estimate of drug-likeness (QED) is 0.388. The molecule has 0 saturated carbocycles. The fourth-order valence-corrected chi connectivity index (χ4v) is 5.75. The summed E-state index contributed by atoms with van der Waals surface area (Å²) in [5.74, 6) is 1.32. The van der Waals surface area contributed by atoms with Crippen LogP contribution in [0.1, 0.15) is 63.2 Å². The van der Waals surface area contributed by atoms with Crippen molar-refractivity contribution in [3.8, 4) is 11.5 Å². The van der Waals surface area contributed by atoms with Gasteiger partial charge in [0.15, 0.2) is 0 Å². The van der Waals surface area contributed by atoms with Crippen molar-refractivity contribution >= 4 is 34.1 Å². The number of hydrogen-bond donors (Lipinski definition) is 1. The lowest BCUT2D eigenvalue weighted by molar-refractivity contribution is 0.102. The number of benzene rings is 2. The molecule has 0 radical (unpaired) electrons. The number of ether oxygens (including phenoxy) is 2. The predicted octanol–water partition coefficient (Wildman–Crippen LogP) is 7.04. The molecule has 1 aromatic heterocycles. The van der Waals surface area contributed by atoms with Gasteiger partial charge in [0.25, 0.3) is 5.91 Å². The zero-order valence-corrected chi connectivity index (χ0v) is 21.2. The van der Waals surface area contributed by atoms with Gasteiger partial charge in [-0.25, -0.2) is 4.99 Å². The van der Waals surface area contributed by atoms with E-state index in [-0.39, 0.29) is 5.91 Å². The number of amides is 1. The summed E-state index contributed by atoms with van der Waals surface area (Å²) in [5, 5.41) is 3.90. The van der Waals surface area contributed by atoms with Gasteiger partial charge in [-0.05, 0) is 80.5 Å². The Hall–Kier alpha value is -3.12. The third-order valence-corrected chi connectivity index (χ3v) is 7.32. The number of nitrogens with zero attached hydrogens (tertiary/aromatic N) is 1. The van der Waals surface area contributed by atoms with Crippen LogP contribution in [0.25, 0.3) is 0 Å². The fraction of sp³-hybridized carbons (Fsp3) is 0.357. The number of hydrogen-bond acceptors (Lipinski definition) is 5. The highest BCUT2D eigenvalue weighted by molar-refractivity contribution is 7.16. The molecule has 0 aliphatic heterocycles. The largest absolute Gasteiger partial charge is 0.497 e. The molecule has 5 nitrogen and oxygen atoms in total. The zero-order valence-electron chi connectivity index (χ0n) is 20.4. The Morgan fingerprint density at radius 1 is 0.971 bits per heavy atom. The van der Waals surface area contributed by atoms with Gasteiger partial charge in [0.05, 0.1) is 19.8 Å². The van der Waals surface area contributed by atoms with Gasteiger partial charge >= 0.3 is 0 Å². The number of methoxy groups -OCH3 is 2. The van der Waals surface area contributed by atoms with E-state index in [0.29, 0.717) is 11.3 Å². The number of carbonyl (C=O) groups is 1. The van der Waals surface area contributed by atoms with Crippen LogP contribution in [-0.2, 0) is 12.8 Å². The summed E-state index contributed by atoms with van der Waals surface area (Å²) in [7, 11) is 3.26. The van der Waals surface area contributed by atoms with Gasteiger partial charge < -0.3 is 14.8 Å². The first-order valence-corrected chi connectivity index (χ1v) is 12.6. The molecule has 1 amide bonds. The van der Waals surface area contributed by atoms with Crippen LogP contribution in [-0.4, -0.2) is 26.3 Å². The van der Waals surface area contributed by atoms with Crippen LogP contribution in [0.4, 0.5) is 10.7 Å². The van der Waals surface area contributed by atoms with Crippen molar-refractivity contribution in [2.45, 2.75) is 52.4 Å². The molecule has 3 aromatic rings. The Balaban J connectivity index is 1.72. The number of nitrogens with one attached hydrogen (secondary N) is 1. The molecule has 1 heterocycles. The van der Waals surface area contributed by atoms with Gasteiger partial charge in [-0.1, -0.05) is 18.9 Å². The predicted molar refractivity (Wildman–Crippen MR) is 141 cm³/mol. The lowest BCUT2D eigenvalue weighted by Gasteiger charge is -2.12. The van der Waals surface area contributed by atoms with E-state index in [1.165, 1.54) is 23.3 Å². The van der Waals surface area contributed by atoms with Crippen LogP contribution >= 0.6 is 11.3 Å². The number of rotatable bonds is 6. The Morgan fingerprint density at radius 2 is 1.71 bits per heavy atom. The Bertz CT molecular complexity index is 1190. The average molecular weight is 477 g/mol. The highest BCUT2D eigenvalue weighted by Gasteiger charge is 2.24. The van der Waals surface area contributed by atoms with Crippen LogP contribution in [0.3, 0.4) is 0 Å². The van der Waals surface area contributed by atoms with E-state index >= 15 is 0 Å². The van der Waals surface area contributed by atoms with E-state index < -0.39 is 0 Å². The summed E-state index contributed by atoms with van der Waals surface area (Å²) in [6.45, 7) is 4.08. The first-order valence-electron chi connectivity index (χ1n) is 11.8. The summed E-state index contributed by atoms with van der Waals surface area (Å²) in [6.07, 6.45) is 8.40. The van der Waals surface area contributed by atoms with Gasteiger partial charge in [-0.2, -0.15) is 0 Å². The van der Waals surface area contributed by atoms with Crippen molar-refractivity contribution in [3.63, 3.8) is 0 Å². The maximum absolute atomic E-state index is 13.6. The Kier molecular flexibility index (Phi) is 7.68. The standard InChI is InChI=1S/C28H32N2O3S/c1-18-13-19(2)15-21(14-18)30-27(31)26-23-9-7-5-6-8-10-25(23)34-28(26)29-17-20-11-12-22(32-3)16-24(20)33-4/h11-17H,5-10H2,1-4H3,(H,30,31). The maximum Gasteiger partial charge on any atom is 0.259 e. The molecule has 0 bridgehead atoms. The average Bonchev–Trinajstić information content (AvgIpc) is 3.13. The summed E-state index contributed by atoms with van der Waals surface area (Å²) < 4.78 is 10.8. The van der Waals surface area contributed by atoms with Crippen LogP contribution in [0, 0.1) is 13.8 Å². The molecular formula is C28H32N2O3S. The summed E-state index contributed by atoms with van der Waals surface area (Å²) in [4.78, 5) is 19.7. The van der Waals surface area contributed by atoms with E-state index in [1.54, 1.807) is 31.8 Å². The molecule has 0 saturated heterocycles. The van der Waals surface area contributed by atoms with Crippen molar-refractivity contribution in [3.05, 3.63) is 69.1 Å². The van der Waals surface area contributed by atoms with Crippen molar-refractivity contribution in [2.24, 2.45) is 4.99 Å². The van der Waals surface area contributed by atoms with E-state index in [9.17, 15) is 4.79 Å². The first-order chi connectivity index (χ1) is 16.5. The number of aryl methyl sites for hydroxylation is 3. The van der Waals surface area contributed by atoms with E-state index in [0.717, 1.165) is 58.8 Å². The SMILES string of the molecule is COc1ccc(C=Nc2sc3c(c2C(=O)Nc2cc(C)cc(C)c2)CCCCCC3)c(OC)c1. The minimum Gasteiger partial charge on any atom is -0.497 e. The highest BCUT2D eigenvalue weighted by atomic mass is 32.1. The van der Waals surface area contributed by atoms with Crippen molar-refractivity contribution in [2.75, 3.05) is 19.5 Å². The molecule has 1 N–H and O–H groups in total. The molecule has 0 atom stereocenters. The second kappa shape index (κ2) is 10.9. The van der Waals surface area contributed by atoms with Crippen LogP contribution in [0.2, 0.25) is 0 Å². The molecule has 4 rings (SSSR count). The topological polar surface area (TPSA) is 59.9 Å². The lowest BCUT2D eigenvalue weighted by atomic mass is 9.96. The molecular weight excluding hydrogens is 444 g/mol. The molecule has 1 aliphatic rings. The maximum atomic E-state index is 13.6. The minimum atomic E-state index is -0.0862. The first kappa shape index (κ1) is 24.0. The smallest absolute Gasteiger partial charge is 0.259 e. The monoisotopic (exact) mass is 476 g/mol.